The van der Waals surface area contributed by atoms with Gasteiger partial charge in [0.15, 0.2) is 5.82 Å². The molecule has 0 saturated carbocycles. The van der Waals surface area contributed by atoms with Crippen LogP contribution < -0.4 is 10.1 Å². The number of rotatable bonds is 4. The fourth-order valence-electron chi connectivity index (χ4n) is 2.73. The SMILES string of the molecule is COc1ccc(-c2nc(Nc3ccccc3)c3ccc(Cl)cc3n2)cc1. The molecule has 4 rings (SSSR count). The minimum atomic E-state index is 0.626. The van der Waals surface area contributed by atoms with Crippen molar-refractivity contribution in [3.05, 3.63) is 77.8 Å². The van der Waals surface area contributed by atoms with Gasteiger partial charge >= 0.3 is 0 Å². The highest BCUT2D eigenvalue weighted by molar-refractivity contribution is 6.31. The highest BCUT2D eigenvalue weighted by Gasteiger charge is 2.10. The van der Waals surface area contributed by atoms with Crippen molar-refractivity contribution in [2.45, 2.75) is 0 Å². The van der Waals surface area contributed by atoms with Gasteiger partial charge in [0.2, 0.25) is 0 Å². The van der Waals surface area contributed by atoms with Gasteiger partial charge in [-0.15, -0.1) is 0 Å². The Labute approximate surface area is 156 Å². The average Bonchev–Trinajstić information content (AvgIpc) is 2.68. The standard InChI is InChI=1S/C21H16ClN3O/c1-26-17-10-7-14(8-11-17)20-24-19-13-15(22)9-12-18(19)21(25-20)23-16-5-3-2-4-6-16/h2-13H,1H3,(H,23,24,25). The first-order valence-electron chi connectivity index (χ1n) is 8.17. The van der Waals surface area contributed by atoms with E-state index in [1.807, 2.05) is 72.8 Å². The van der Waals surface area contributed by atoms with Gasteiger partial charge in [-0.2, -0.15) is 0 Å². The molecule has 1 aromatic heterocycles. The molecule has 26 heavy (non-hydrogen) atoms. The highest BCUT2D eigenvalue weighted by atomic mass is 35.5. The molecule has 128 valence electrons. The summed E-state index contributed by atoms with van der Waals surface area (Å²) in [4.78, 5) is 9.43. The predicted molar refractivity (Wildman–Crippen MR) is 106 cm³/mol. The predicted octanol–water partition coefficient (Wildman–Crippen LogP) is 5.70. The third-order valence-electron chi connectivity index (χ3n) is 4.04. The Balaban J connectivity index is 1.85. The van der Waals surface area contributed by atoms with E-state index in [1.54, 1.807) is 7.11 Å². The smallest absolute Gasteiger partial charge is 0.162 e. The molecule has 5 heteroatoms. The minimum absolute atomic E-state index is 0.626. The summed E-state index contributed by atoms with van der Waals surface area (Å²) in [5.41, 5.74) is 2.66. The number of halogens is 1. The second kappa shape index (κ2) is 7.02. The second-order valence-electron chi connectivity index (χ2n) is 5.78. The van der Waals surface area contributed by atoms with Crippen LogP contribution in [0.15, 0.2) is 72.8 Å². The quantitative estimate of drug-likeness (QED) is 0.506. The van der Waals surface area contributed by atoms with Crippen LogP contribution in [-0.2, 0) is 0 Å². The van der Waals surface area contributed by atoms with Gasteiger partial charge in [-0.05, 0) is 54.6 Å². The number of fused-ring (bicyclic) bond motifs is 1. The fourth-order valence-corrected chi connectivity index (χ4v) is 2.89. The van der Waals surface area contributed by atoms with Gasteiger partial charge in [0.25, 0.3) is 0 Å². The summed E-state index contributed by atoms with van der Waals surface area (Å²) in [5, 5.41) is 4.93. The van der Waals surface area contributed by atoms with E-state index in [0.29, 0.717) is 10.8 Å². The highest BCUT2D eigenvalue weighted by Crippen LogP contribution is 2.29. The van der Waals surface area contributed by atoms with Crippen molar-refractivity contribution in [1.82, 2.24) is 9.97 Å². The molecule has 0 aliphatic rings. The van der Waals surface area contributed by atoms with Crippen LogP contribution in [0.5, 0.6) is 5.75 Å². The van der Waals surface area contributed by atoms with Gasteiger partial charge in [-0.1, -0.05) is 29.8 Å². The van der Waals surface area contributed by atoms with Crippen molar-refractivity contribution in [2.75, 3.05) is 12.4 Å². The largest absolute Gasteiger partial charge is 0.497 e. The van der Waals surface area contributed by atoms with Crippen molar-refractivity contribution < 1.29 is 4.74 Å². The summed E-state index contributed by atoms with van der Waals surface area (Å²) in [5.74, 6) is 2.16. The van der Waals surface area contributed by atoms with E-state index in [2.05, 4.69) is 10.3 Å². The summed E-state index contributed by atoms with van der Waals surface area (Å²) in [6.45, 7) is 0. The van der Waals surface area contributed by atoms with E-state index < -0.39 is 0 Å². The minimum Gasteiger partial charge on any atom is -0.497 e. The molecule has 4 nitrogen and oxygen atoms in total. The fraction of sp³-hybridized carbons (Fsp3) is 0.0476. The van der Waals surface area contributed by atoms with Gasteiger partial charge in [-0.3, -0.25) is 0 Å². The molecule has 0 amide bonds. The van der Waals surface area contributed by atoms with Gasteiger partial charge in [0, 0.05) is 21.7 Å². The number of aromatic nitrogens is 2. The molecule has 0 aliphatic heterocycles. The monoisotopic (exact) mass is 361 g/mol. The Hall–Kier alpha value is -3.11. The number of nitrogens with one attached hydrogen (secondary N) is 1. The van der Waals surface area contributed by atoms with Gasteiger partial charge < -0.3 is 10.1 Å². The van der Waals surface area contributed by atoms with Crippen LogP contribution in [0, 0.1) is 0 Å². The number of benzene rings is 3. The van der Waals surface area contributed by atoms with Gasteiger partial charge in [0.05, 0.1) is 12.6 Å². The van der Waals surface area contributed by atoms with E-state index in [1.165, 1.54) is 0 Å². The molecule has 0 aliphatic carbocycles. The number of para-hydroxylation sites is 1. The first kappa shape index (κ1) is 16.4. The maximum Gasteiger partial charge on any atom is 0.162 e. The maximum absolute atomic E-state index is 6.17. The number of hydrogen-bond acceptors (Lipinski definition) is 4. The zero-order valence-electron chi connectivity index (χ0n) is 14.1. The third-order valence-corrected chi connectivity index (χ3v) is 4.28. The van der Waals surface area contributed by atoms with Gasteiger partial charge in [-0.25, -0.2) is 9.97 Å². The van der Waals surface area contributed by atoms with Crippen molar-refractivity contribution in [2.24, 2.45) is 0 Å². The number of nitrogens with zero attached hydrogens (tertiary/aromatic N) is 2. The summed E-state index contributed by atoms with van der Waals surface area (Å²) >= 11 is 6.17. The first-order chi connectivity index (χ1) is 12.7. The molecule has 3 aromatic carbocycles. The lowest BCUT2D eigenvalue weighted by molar-refractivity contribution is 0.415. The van der Waals surface area contributed by atoms with Crippen LogP contribution in [0.4, 0.5) is 11.5 Å². The Morgan fingerprint density at radius 3 is 2.38 bits per heavy atom. The summed E-state index contributed by atoms with van der Waals surface area (Å²) in [6, 6.07) is 23.2. The van der Waals surface area contributed by atoms with Crippen molar-refractivity contribution in [3.63, 3.8) is 0 Å². The number of ether oxygens (including phenoxy) is 1. The summed E-state index contributed by atoms with van der Waals surface area (Å²) in [6.07, 6.45) is 0. The lowest BCUT2D eigenvalue weighted by Gasteiger charge is -2.11. The van der Waals surface area contributed by atoms with Crippen LogP contribution in [0.1, 0.15) is 0 Å². The van der Waals surface area contributed by atoms with Gasteiger partial charge in [0.1, 0.15) is 11.6 Å². The molecule has 0 radical (unpaired) electrons. The lowest BCUT2D eigenvalue weighted by atomic mass is 10.1. The normalized spacial score (nSPS) is 10.7. The summed E-state index contributed by atoms with van der Waals surface area (Å²) in [7, 11) is 1.64. The van der Waals surface area contributed by atoms with E-state index in [9.17, 15) is 0 Å². The Kier molecular flexibility index (Phi) is 4.42. The van der Waals surface area contributed by atoms with Crippen LogP contribution in [0.2, 0.25) is 5.02 Å². The molecular formula is C21H16ClN3O. The molecule has 0 fully saturated rings. The van der Waals surface area contributed by atoms with Crippen LogP contribution in [-0.4, -0.2) is 17.1 Å². The molecule has 0 saturated heterocycles. The molecule has 0 bridgehead atoms. The molecule has 0 spiro atoms. The number of methoxy groups -OCH3 is 1. The first-order valence-corrected chi connectivity index (χ1v) is 8.54. The zero-order valence-corrected chi connectivity index (χ0v) is 14.9. The number of anilines is 2. The lowest BCUT2D eigenvalue weighted by Crippen LogP contribution is -1.99. The molecule has 0 atom stereocenters. The van der Waals surface area contributed by atoms with Crippen molar-refractivity contribution in [3.8, 4) is 17.1 Å². The van der Waals surface area contributed by atoms with E-state index in [0.717, 1.165) is 33.7 Å². The zero-order chi connectivity index (χ0) is 17.9. The second-order valence-corrected chi connectivity index (χ2v) is 6.21. The van der Waals surface area contributed by atoms with Crippen LogP contribution >= 0.6 is 11.6 Å². The van der Waals surface area contributed by atoms with E-state index in [4.69, 9.17) is 21.3 Å². The number of hydrogen-bond donors (Lipinski definition) is 1. The third kappa shape index (κ3) is 3.32. The molecular weight excluding hydrogens is 346 g/mol. The van der Waals surface area contributed by atoms with Crippen LogP contribution in [0.3, 0.4) is 0 Å². The molecule has 1 N–H and O–H groups in total. The van der Waals surface area contributed by atoms with Crippen molar-refractivity contribution >= 4 is 34.0 Å². The maximum atomic E-state index is 6.17. The average molecular weight is 362 g/mol. The Morgan fingerprint density at radius 1 is 0.885 bits per heavy atom. The van der Waals surface area contributed by atoms with Crippen LogP contribution in [0.25, 0.3) is 22.3 Å². The topological polar surface area (TPSA) is 47.0 Å². The molecule has 4 aromatic rings. The van der Waals surface area contributed by atoms with E-state index >= 15 is 0 Å². The summed E-state index contributed by atoms with van der Waals surface area (Å²) < 4.78 is 5.22. The van der Waals surface area contributed by atoms with Crippen molar-refractivity contribution in [1.29, 1.82) is 0 Å². The molecule has 0 unspecified atom stereocenters. The molecule has 1 heterocycles. The Morgan fingerprint density at radius 2 is 1.65 bits per heavy atom. The Bertz CT molecular complexity index is 1050. The van der Waals surface area contributed by atoms with E-state index in [-0.39, 0.29) is 0 Å².